The highest BCUT2D eigenvalue weighted by Crippen LogP contribution is 2.25. The Morgan fingerprint density at radius 2 is 2.13 bits per heavy atom. The molecule has 2 rings (SSSR count). The molecule has 1 aromatic heterocycles. The van der Waals surface area contributed by atoms with Gasteiger partial charge < -0.3 is 10.2 Å². The molecule has 0 bridgehead atoms. The van der Waals surface area contributed by atoms with Crippen LogP contribution in [0.3, 0.4) is 0 Å². The molecule has 0 aliphatic carbocycles. The van der Waals surface area contributed by atoms with Gasteiger partial charge in [0.25, 0.3) is 0 Å². The van der Waals surface area contributed by atoms with Crippen LogP contribution < -0.4 is 5.73 Å². The summed E-state index contributed by atoms with van der Waals surface area (Å²) < 4.78 is 5.74. The van der Waals surface area contributed by atoms with Crippen molar-refractivity contribution in [2.24, 2.45) is 5.73 Å². The molecule has 2 heteroatoms. The van der Waals surface area contributed by atoms with Crippen molar-refractivity contribution in [2.75, 3.05) is 0 Å². The summed E-state index contributed by atoms with van der Waals surface area (Å²) in [7, 11) is 0. The predicted molar refractivity (Wildman–Crippen MR) is 62.8 cm³/mol. The van der Waals surface area contributed by atoms with Gasteiger partial charge >= 0.3 is 0 Å². The standard InChI is InChI=1S/C13H17NO/c1-3-4-11(14)13-8-10-6-5-9(2)7-12(10)15-13/h5-8,11H,3-4,14H2,1-2H3/t11-/m0/s1. The normalized spacial score (nSPS) is 13.3. The van der Waals surface area contributed by atoms with Crippen LogP contribution in [0.1, 0.15) is 37.1 Å². The predicted octanol–water partition coefficient (Wildman–Crippen LogP) is 3.54. The van der Waals surface area contributed by atoms with Crippen molar-refractivity contribution in [3.63, 3.8) is 0 Å². The van der Waals surface area contributed by atoms with Crippen LogP contribution in [0.25, 0.3) is 11.0 Å². The van der Waals surface area contributed by atoms with Gasteiger partial charge in [-0.05, 0) is 31.0 Å². The van der Waals surface area contributed by atoms with E-state index in [2.05, 4.69) is 38.1 Å². The van der Waals surface area contributed by atoms with Gasteiger partial charge in [-0.1, -0.05) is 25.5 Å². The van der Waals surface area contributed by atoms with Crippen LogP contribution >= 0.6 is 0 Å². The third-order valence-electron chi connectivity index (χ3n) is 2.66. The molecule has 0 radical (unpaired) electrons. The van der Waals surface area contributed by atoms with Crippen molar-refractivity contribution in [2.45, 2.75) is 32.7 Å². The van der Waals surface area contributed by atoms with E-state index in [-0.39, 0.29) is 6.04 Å². The van der Waals surface area contributed by atoms with Crippen LogP contribution in [-0.2, 0) is 0 Å². The Labute approximate surface area is 90.1 Å². The largest absolute Gasteiger partial charge is 0.459 e. The van der Waals surface area contributed by atoms with Crippen molar-refractivity contribution in [1.82, 2.24) is 0 Å². The van der Waals surface area contributed by atoms with Crippen molar-refractivity contribution < 1.29 is 4.42 Å². The number of fused-ring (bicyclic) bond motifs is 1. The number of benzene rings is 1. The smallest absolute Gasteiger partial charge is 0.134 e. The van der Waals surface area contributed by atoms with Crippen LogP contribution in [0, 0.1) is 6.92 Å². The highest BCUT2D eigenvalue weighted by atomic mass is 16.3. The van der Waals surface area contributed by atoms with Gasteiger partial charge in [-0.2, -0.15) is 0 Å². The third kappa shape index (κ3) is 2.05. The minimum absolute atomic E-state index is 0.0303. The second-order valence-electron chi connectivity index (χ2n) is 4.09. The summed E-state index contributed by atoms with van der Waals surface area (Å²) >= 11 is 0. The molecule has 0 saturated carbocycles. The van der Waals surface area contributed by atoms with Gasteiger partial charge in [0.2, 0.25) is 0 Å². The number of rotatable bonds is 3. The topological polar surface area (TPSA) is 39.2 Å². The van der Waals surface area contributed by atoms with Crippen molar-refractivity contribution in [3.8, 4) is 0 Å². The van der Waals surface area contributed by atoms with E-state index in [9.17, 15) is 0 Å². The summed E-state index contributed by atoms with van der Waals surface area (Å²) in [5.41, 5.74) is 8.17. The average Bonchev–Trinajstić information content (AvgIpc) is 2.60. The monoisotopic (exact) mass is 203 g/mol. The first-order valence-corrected chi connectivity index (χ1v) is 5.46. The quantitative estimate of drug-likeness (QED) is 0.828. The third-order valence-corrected chi connectivity index (χ3v) is 2.66. The maximum absolute atomic E-state index is 6.01. The first-order valence-electron chi connectivity index (χ1n) is 5.46. The van der Waals surface area contributed by atoms with E-state index in [1.165, 1.54) is 5.56 Å². The molecule has 0 unspecified atom stereocenters. The molecule has 1 heterocycles. The Morgan fingerprint density at radius 3 is 2.87 bits per heavy atom. The van der Waals surface area contributed by atoms with E-state index >= 15 is 0 Å². The molecule has 2 aromatic rings. The zero-order chi connectivity index (χ0) is 10.8. The van der Waals surface area contributed by atoms with E-state index in [0.29, 0.717) is 0 Å². The Hall–Kier alpha value is -1.28. The molecule has 15 heavy (non-hydrogen) atoms. The zero-order valence-electron chi connectivity index (χ0n) is 9.29. The van der Waals surface area contributed by atoms with Gasteiger partial charge in [-0.15, -0.1) is 0 Å². The van der Waals surface area contributed by atoms with Gasteiger partial charge in [-0.25, -0.2) is 0 Å². The lowest BCUT2D eigenvalue weighted by molar-refractivity contribution is 0.475. The van der Waals surface area contributed by atoms with E-state index in [0.717, 1.165) is 29.6 Å². The Morgan fingerprint density at radius 1 is 1.33 bits per heavy atom. The van der Waals surface area contributed by atoms with E-state index < -0.39 is 0 Å². The van der Waals surface area contributed by atoms with E-state index in [1.54, 1.807) is 0 Å². The lowest BCUT2D eigenvalue weighted by atomic mass is 10.1. The summed E-state index contributed by atoms with van der Waals surface area (Å²) in [5.74, 6) is 0.900. The summed E-state index contributed by atoms with van der Waals surface area (Å²) in [4.78, 5) is 0. The van der Waals surface area contributed by atoms with Gasteiger partial charge in [0.15, 0.2) is 0 Å². The Balaban J connectivity index is 2.38. The van der Waals surface area contributed by atoms with Crippen LogP contribution in [0.5, 0.6) is 0 Å². The average molecular weight is 203 g/mol. The van der Waals surface area contributed by atoms with Crippen LogP contribution in [0.4, 0.5) is 0 Å². The summed E-state index contributed by atoms with van der Waals surface area (Å²) in [5, 5.41) is 1.14. The maximum atomic E-state index is 6.01. The van der Waals surface area contributed by atoms with Crippen molar-refractivity contribution >= 4 is 11.0 Å². The highest BCUT2D eigenvalue weighted by molar-refractivity contribution is 5.78. The first-order chi connectivity index (χ1) is 7.20. The lowest BCUT2D eigenvalue weighted by Gasteiger charge is -2.04. The molecule has 80 valence electrons. The molecule has 0 aliphatic heterocycles. The lowest BCUT2D eigenvalue weighted by Crippen LogP contribution is -2.08. The number of nitrogens with two attached hydrogens (primary N) is 1. The molecule has 0 spiro atoms. The van der Waals surface area contributed by atoms with Gasteiger partial charge in [0.1, 0.15) is 11.3 Å². The van der Waals surface area contributed by atoms with Crippen LogP contribution in [-0.4, -0.2) is 0 Å². The molecule has 0 saturated heterocycles. The van der Waals surface area contributed by atoms with Crippen molar-refractivity contribution in [1.29, 1.82) is 0 Å². The van der Waals surface area contributed by atoms with Gasteiger partial charge in [0, 0.05) is 5.39 Å². The Kier molecular flexibility index (Phi) is 2.78. The molecular weight excluding hydrogens is 186 g/mol. The number of furan rings is 1. The fraction of sp³-hybridized carbons (Fsp3) is 0.385. The summed E-state index contributed by atoms with van der Waals surface area (Å²) in [6, 6.07) is 8.30. The van der Waals surface area contributed by atoms with Crippen molar-refractivity contribution in [3.05, 3.63) is 35.6 Å². The highest BCUT2D eigenvalue weighted by Gasteiger charge is 2.10. The Bertz CT molecular complexity index is 459. The molecule has 2 nitrogen and oxygen atoms in total. The minimum Gasteiger partial charge on any atom is -0.459 e. The first kappa shape index (κ1) is 10.2. The molecule has 2 N–H and O–H groups in total. The molecular formula is C13H17NO. The fourth-order valence-corrected chi connectivity index (χ4v) is 1.79. The number of hydrogen-bond acceptors (Lipinski definition) is 2. The maximum Gasteiger partial charge on any atom is 0.134 e. The fourth-order valence-electron chi connectivity index (χ4n) is 1.79. The van der Waals surface area contributed by atoms with Gasteiger partial charge in [-0.3, -0.25) is 0 Å². The molecule has 0 amide bonds. The van der Waals surface area contributed by atoms with E-state index in [4.69, 9.17) is 10.2 Å². The summed E-state index contributed by atoms with van der Waals surface area (Å²) in [6.45, 7) is 4.19. The molecule has 1 aromatic carbocycles. The van der Waals surface area contributed by atoms with Crippen LogP contribution in [0.2, 0.25) is 0 Å². The zero-order valence-corrected chi connectivity index (χ0v) is 9.29. The SMILES string of the molecule is CCC[C@H](N)c1cc2ccc(C)cc2o1. The molecule has 0 aliphatic rings. The number of hydrogen-bond donors (Lipinski definition) is 1. The number of aryl methyl sites for hydroxylation is 1. The molecule has 0 fully saturated rings. The van der Waals surface area contributed by atoms with Gasteiger partial charge in [0.05, 0.1) is 6.04 Å². The second kappa shape index (κ2) is 4.07. The minimum atomic E-state index is 0.0303. The van der Waals surface area contributed by atoms with Crippen LogP contribution in [0.15, 0.2) is 28.7 Å². The summed E-state index contributed by atoms with van der Waals surface area (Å²) in [6.07, 6.45) is 2.05. The second-order valence-corrected chi connectivity index (χ2v) is 4.09. The molecule has 1 atom stereocenters. The van der Waals surface area contributed by atoms with E-state index in [1.807, 2.05) is 0 Å².